The Morgan fingerprint density at radius 1 is 1.21 bits per heavy atom. The van der Waals surface area contributed by atoms with Crippen molar-refractivity contribution in [2.24, 2.45) is 0 Å². The van der Waals surface area contributed by atoms with Gasteiger partial charge in [0.1, 0.15) is 0 Å². The van der Waals surface area contributed by atoms with Gasteiger partial charge in [-0.25, -0.2) is 13.4 Å². The lowest BCUT2D eigenvalue weighted by atomic mass is 10.1. The van der Waals surface area contributed by atoms with Crippen LogP contribution in [-0.4, -0.2) is 50.0 Å². The Morgan fingerprint density at radius 3 is 2.64 bits per heavy atom. The predicted octanol–water partition coefficient (Wildman–Crippen LogP) is 3.58. The van der Waals surface area contributed by atoms with Crippen LogP contribution in [0, 0.1) is 0 Å². The molecule has 1 aromatic heterocycles. The fourth-order valence-corrected chi connectivity index (χ4v) is 4.79. The van der Waals surface area contributed by atoms with Crippen LogP contribution in [0.3, 0.4) is 0 Å². The third-order valence-corrected chi connectivity index (χ3v) is 7.45. The summed E-state index contributed by atoms with van der Waals surface area (Å²) in [6, 6.07) is 14.3. The fourth-order valence-electron chi connectivity index (χ4n) is 3.57. The van der Waals surface area contributed by atoms with Gasteiger partial charge in [-0.05, 0) is 36.2 Å². The second-order valence-corrected chi connectivity index (χ2v) is 10.8. The lowest BCUT2D eigenvalue weighted by molar-refractivity contribution is -0.128. The maximum absolute atomic E-state index is 12.7. The summed E-state index contributed by atoms with van der Waals surface area (Å²) in [6.45, 7) is 1.26. The van der Waals surface area contributed by atoms with Crippen LogP contribution in [0.1, 0.15) is 28.8 Å². The van der Waals surface area contributed by atoms with E-state index < -0.39 is 10.0 Å². The number of amides is 2. The molecule has 0 bridgehead atoms. The van der Waals surface area contributed by atoms with Gasteiger partial charge < -0.3 is 4.90 Å². The monoisotopic (exact) mass is 484 g/mol. The molecular formula is C23H24N4O4S2. The number of sulfonamides is 1. The van der Waals surface area contributed by atoms with Gasteiger partial charge in [-0.15, -0.1) is 11.3 Å². The molecule has 0 radical (unpaired) electrons. The zero-order valence-electron chi connectivity index (χ0n) is 18.3. The van der Waals surface area contributed by atoms with Gasteiger partial charge in [0.2, 0.25) is 15.9 Å². The first-order chi connectivity index (χ1) is 15.7. The zero-order chi connectivity index (χ0) is 23.6. The van der Waals surface area contributed by atoms with Crippen molar-refractivity contribution >= 4 is 44.0 Å². The topological polar surface area (TPSA) is 99.7 Å². The molecule has 1 aliphatic heterocycles. The Morgan fingerprint density at radius 2 is 1.97 bits per heavy atom. The third-order valence-electron chi connectivity index (χ3n) is 5.48. The van der Waals surface area contributed by atoms with Gasteiger partial charge in [-0.2, -0.15) is 0 Å². The number of nitrogens with one attached hydrogen (secondary N) is 1. The van der Waals surface area contributed by atoms with E-state index in [1.165, 1.54) is 22.7 Å². The summed E-state index contributed by atoms with van der Waals surface area (Å²) in [5.74, 6) is -0.119. The Kier molecular flexibility index (Phi) is 6.48. The summed E-state index contributed by atoms with van der Waals surface area (Å²) in [4.78, 5) is 30.9. The predicted molar refractivity (Wildman–Crippen MR) is 130 cm³/mol. The van der Waals surface area contributed by atoms with Crippen LogP contribution in [-0.2, 0) is 21.4 Å². The SMILES string of the molecule is CN(c1ccc(-c2csc(NC(=O)c3cccc(CN4CCCC4=O)c3)n2)cc1)S(C)(=O)=O. The van der Waals surface area contributed by atoms with E-state index in [1.54, 1.807) is 36.4 Å². The van der Waals surface area contributed by atoms with Crippen molar-refractivity contribution < 1.29 is 18.0 Å². The van der Waals surface area contributed by atoms with Crippen LogP contribution in [0.2, 0.25) is 0 Å². The van der Waals surface area contributed by atoms with Crippen molar-refractivity contribution in [2.75, 3.05) is 29.5 Å². The first-order valence-corrected chi connectivity index (χ1v) is 13.1. The first-order valence-electron chi connectivity index (χ1n) is 10.4. The molecule has 10 heteroatoms. The molecule has 0 aliphatic carbocycles. The normalized spacial score (nSPS) is 13.9. The van der Waals surface area contributed by atoms with Gasteiger partial charge in [0.15, 0.2) is 5.13 Å². The number of anilines is 2. The smallest absolute Gasteiger partial charge is 0.257 e. The molecule has 1 saturated heterocycles. The highest BCUT2D eigenvalue weighted by Crippen LogP contribution is 2.27. The number of rotatable bonds is 7. The average Bonchev–Trinajstić information content (AvgIpc) is 3.42. The largest absolute Gasteiger partial charge is 0.338 e. The van der Waals surface area contributed by atoms with Crippen LogP contribution >= 0.6 is 11.3 Å². The van der Waals surface area contributed by atoms with Gasteiger partial charge in [0.05, 0.1) is 17.6 Å². The summed E-state index contributed by atoms with van der Waals surface area (Å²) in [6.07, 6.45) is 2.62. The molecule has 1 N–H and O–H groups in total. The van der Waals surface area contributed by atoms with E-state index in [2.05, 4.69) is 10.3 Å². The summed E-state index contributed by atoms with van der Waals surface area (Å²) >= 11 is 1.31. The van der Waals surface area contributed by atoms with E-state index in [1.807, 2.05) is 22.4 Å². The van der Waals surface area contributed by atoms with Crippen molar-refractivity contribution in [2.45, 2.75) is 19.4 Å². The minimum absolute atomic E-state index is 0.149. The number of nitrogens with zero attached hydrogens (tertiary/aromatic N) is 3. The fraction of sp³-hybridized carbons (Fsp3) is 0.261. The third kappa shape index (κ3) is 5.40. The van der Waals surface area contributed by atoms with E-state index in [4.69, 9.17) is 0 Å². The molecule has 2 heterocycles. The summed E-state index contributed by atoms with van der Waals surface area (Å²) in [5, 5.41) is 5.13. The standard InChI is InChI=1S/C23H24N4O4S2/c1-26(33(2,30)31)19-10-8-17(9-11-19)20-15-32-23(24-20)25-22(29)18-6-3-5-16(13-18)14-27-12-4-7-21(27)28/h3,5-6,8-11,13,15H,4,7,12,14H2,1-2H3,(H,24,25,29). The summed E-state index contributed by atoms with van der Waals surface area (Å²) < 4.78 is 24.6. The number of benzene rings is 2. The second kappa shape index (κ2) is 9.32. The highest BCUT2D eigenvalue weighted by atomic mass is 32.2. The quantitative estimate of drug-likeness (QED) is 0.553. The van der Waals surface area contributed by atoms with E-state index in [0.717, 1.165) is 30.3 Å². The minimum atomic E-state index is -3.33. The minimum Gasteiger partial charge on any atom is -0.338 e. The molecule has 33 heavy (non-hydrogen) atoms. The molecule has 0 saturated carbocycles. The molecule has 1 aliphatic rings. The van der Waals surface area contributed by atoms with Crippen molar-refractivity contribution in [3.05, 3.63) is 65.0 Å². The van der Waals surface area contributed by atoms with Crippen molar-refractivity contribution in [3.63, 3.8) is 0 Å². The molecule has 0 unspecified atom stereocenters. The lowest BCUT2D eigenvalue weighted by Crippen LogP contribution is -2.24. The van der Waals surface area contributed by atoms with Gasteiger partial charge >= 0.3 is 0 Å². The molecule has 172 valence electrons. The maximum atomic E-state index is 12.7. The highest BCUT2D eigenvalue weighted by molar-refractivity contribution is 7.92. The van der Waals surface area contributed by atoms with E-state index in [-0.39, 0.29) is 11.8 Å². The number of likely N-dealkylation sites (tertiary alicyclic amines) is 1. The van der Waals surface area contributed by atoms with Crippen LogP contribution < -0.4 is 9.62 Å². The molecule has 0 atom stereocenters. The molecule has 4 rings (SSSR count). The number of aromatic nitrogens is 1. The molecule has 8 nitrogen and oxygen atoms in total. The molecule has 3 aromatic rings. The van der Waals surface area contributed by atoms with Crippen LogP contribution in [0.25, 0.3) is 11.3 Å². The lowest BCUT2D eigenvalue weighted by Gasteiger charge is -2.16. The molecule has 2 aromatic carbocycles. The Labute approximate surface area is 196 Å². The van der Waals surface area contributed by atoms with Crippen molar-refractivity contribution in [1.82, 2.24) is 9.88 Å². The van der Waals surface area contributed by atoms with Gasteiger partial charge in [-0.3, -0.25) is 19.2 Å². The number of hydrogen-bond donors (Lipinski definition) is 1. The van der Waals surface area contributed by atoms with Gasteiger partial charge in [0, 0.05) is 43.1 Å². The Balaban J connectivity index is 1.43. The Hall–Kier alpha value is -3.24. The van der Waals surface area contributed by atoms with Crippen LogP contribution in [0.5, 0.6) is 0 Å². The maximum Gasteiger partial charge on any atom is 0.257 e. The second-order valence-electron chi connectivity index (χ2n) is 7.89. The van der Waals surface area contributed by atoms with Crippen molar-refractivity contribution in [3.8, 4) is 11.3 Å². The van der Waals surface area contributed by atoms with E-state index >= 15 is 0 Å². The number of carbonyl (C=O) groups excluding carboxylic acids is 2. The molecule has 0 spiro atoms. The van der Waals surface area contributed by atoms with Gasteiger partial charge in [-0.1, -0.05) is 24.3 Å². The van der Waals surface area contributed by atoms with Crippen LogP contribution in [0.4, 0.5) is 10.8 Å². The molecule has 2 amide bonds. The van der Waals surface area contributed by atoms with Gasteiger partial charge in [0.25, 0.3) is 5.91 Å². The summed E-state index contributed by atoms with van der Waals surface area (Å²) in [7, 11) is -1.83. The Bertz CT molecular complexity index is 1290. The molecular weight excluding hydrogens is 460 g/mol. The zero-order valence-corrected chi connectivity index (χ0v) is 19.9. The van der Waals surface area contributed by atoms with E-state index in [9.17, 15) is 18.0 Å². The number of carbonyl (C=O) groups is 2. The van der Waals surface area contributed by atoms with E-state index in [0.29, 0.717) is 35.0 Å². The number of thiazole rings is 1. The number of hydrogen-bond acceptors (Lipinski definition) is 6. The van der Waals surface area contributed by atoms with Crippen LogP contribution in [0.15, 0.2) is 53.9 Å². The summed E-state index contributed by atoms with van der Waals surface area (Å²) in [5.41, 5.74) is 3.47. The highest BCUT2D eigenvalue weighted by Gasteiger charge is 2.20. The first kappa shape index (κ1) is 22.9. The van der Waals surface area contributed by atoms with Crippen molar-refractivity contribution in [1.29, 1.82) is 0 Å². The average molecular weight is 485 g/mol. The molecule has 1 fully saturated rings.